The fraction of sp³-hybridized carbons (Fsp3) is 0.478. The van der Waals surface area contributed by atoms with E-state index in [0.29, 0.717) is 5.82 Å². The number of para-hydroxylation sites is 1. The van der Waals surface area contributed by atoms with E-state index in [0.717, 1.165) is 74.1 Å². The van der Waals surface area contributed by atoms with Crippen molar-refractivity contribution in [1.82, 2.24) is 19.8 Å². The summed E-state index contributed by atoms with van der Waals surface area (Å²) in [4.78, 5) is 17.0. The standard InChI is InChI=1S/C23H29N5OS/c24-22-21-18-8-4-5-9-19(18)30-23(21)26-20(25-22)16-28-12-10-27(11-13-28)14-15-29-17-6-2-1-3-7-17/h1-3,6-7H,4-5,8-16H2,(H2,24,25,26). The number of nitrogens with two attached hydrogens (primary N) is 1. The molecule has 0 bridgehead atoms. The zero-order valence-electron chi connectivity index (χ0n) is 17.3. The maximum absolute atomic E-state index is 6.37. The van der Waals surface area contributed by atoms with Gasteiger partial charge in [-0.05, 0) is 43.4 Å². The number of nitrogens with zero attached hydrogens (tertiary/aromatic N) is 4. The lowest BCUT2D eigenvalue weighted by atomic mass is 9.97. The number of nitrogen functional groups attached to an aromatic ring is 1. The molecule has 2 aliphatic rings. The van der Waals surface area contributed by atoms with Crippen LogP contribution in [0.4, 0.5) is 5.82 Å². The van der Waals surface area contributed by atoms with Crippen molar-refractivity contribution < 1.29 is 4.74 Å². The minimum absolute atomic E-state index is 0.672. The zero-order chi connectivity index (χ0) is 20.3. The van der Waals surface area contributed by atoms with Gasteiger partial charge in [0.15, 0.2) is 0 Å². The van der Waals surface area contributed by atoms with Gasteiger partial charge in [0.1, 0.15) is 28.8 Å². The molecule has 6 nitrogen and oxygen atoms in total. The quantitative estimate of drug-likeness (QED) is 0.656. The molecule has 0 saturated carbocycles. The fourth-order valence-electron chi connectivity index (χ4n) is 4.48. The summed E-state index contributed by atoms with van der Waals surface area (Å²) in [6.07, 6.45) is 4.82. The minimum Gasteiger partial charge on any atom is -0.492 e. The van der Waals surface area contributed by atoms with E-state index in [2.05, 4.69) is 14.8 Å². The van der Waals surface area contributed by atoms with Crippen molar-refractivity contribution in [3.05, 3.63) is 46.6 Å². The molecule has 158 valence electrons. The third kappa shape index (κ3) is 4.29. The van der Waals surface area contributed by atoms with Crippen LogP contribution in [0.5, 0.6) is 5.75 Å². The molecule has 0 amide bonds. The molecule has 1 saturated heterocycles. The van der Waals surface area contributed by atoms with Gasteiger partial charge in [-0.25, -0.2) is 9.97 Å². The first kappa shape index (κ1) is 19.7. The predicted molar refractivity (Wildman–Crippen MR) is 122 cm³/mol. The number of aryl methyl sites for hydroxylation is 2. The minimum atomic E-state index is 0.672. The van der Waals surface area contributed by atoms with E-state index in [1.807, 2.05) is 41.7 Å². The predicted octanol–water partition coefficient (Wildman–Crippen LogP) is 3.35. The number of hydrogen-bond donors (Lipinski definition) is 1. The normalized spacial score (nSPS) is 17.9. The lowest BCUT2D eigenvalue weighted by Gasteiger charge is -2.34. The van der Waals surface area contributed by atoms with Crippen molar-refractivity contribution in [2.45, 2.75) is 32.2 Å². The summed E-state index contributed by atoms with van der Waals surface area (Å²) in [6.45, 7) is 6.59. The Balaban J connectivity index is 1.15. The second-order valence-electron chi connectivity index (χ2n) is 8.20. The summed E-state index contributed by atoms with van der Waals surface area (Å²) < 4.78 is 5.83. The first-order valence-corrected chi connectivity index (χ1v) is 11.8. The highest BCUT2D eigenvalue weighted by atomic mass is 32.1. The van der Waals surface area contributed by atoms with Gasteiger partial charge in [0.25, 0.3) is 0 Å². The van der Waals surface area contributed by atoms with Crippen LogP contribution in [0.2, 0.25) is 0 Å². The Morgan fingerprint density at radius 2 is 1.73 bits per heavy atom. The maximum atomic E-state index is 6.37. The third-order valence-corrected chi connectivity index (χ3v) is 7.32. The summed E-state index contributed by atoms with van der Waals surface area (Å²) in [5.41, 5.74) is 7.78. The largest absolute Gasteiger partial charge is 0.492 e. The van der Waals surface area contributed by atoms with E-state index in [4.69, 9.17) is 15.5 Å². The first-order chi connectivity index (χ1) is 14.8. The van der Waals surface area contributed by atoms with Gasteiger partial charge in [0.2, 0.25) is 0 Å². The van der Waals surface area contributed by atoms with E-state index >= 15 is 0 Å². The van der Waals surface area contributed by atoms with E-state index < -0.39 is 0 Å². The Morgan fingerprint density at radius 1 is 0.967 bits per heavy atom. The monoisotopic (exact) mass is 423 g/mol. The molecule has 0 radical (unpaired) electrons. The lowest BCUT2D eigenvalue weighted by molar-refractivity contribution is 0.111. The smallest absolute Gasteiger partial charge is 0.146 e. The van der Waals surface area contributed by atoms with Crippen molar-refractivity contribution in [2.75, 3.05) is 45.1 Å². The van der Waals surface area contributed by atoms with Crippen molar-refractivity contribution in [2.24, 2.45) is 0 Å². The average molecular weight is 424 g/mol. The molecule has 1 aliphatic heterocycles. The summed E-state index contributed by atoms with van der Waals surface area (Å²) in [5.74, 6) is 2.47. The second-order valence-corrected chi connectivity index (χ2v) is 9.28. The Labute approximate surface area is 181 Å². The highest BCUT2D eigenvalue weighted by molar-refractivity contribution is 7.19. The molecule has 2 aromatic heterocycles. The first-order valence-electron chi connectivity index (χ1n) is 11.0. The summed E-state index contributed by atoms with van der Waals surface area (Å²) in [7, 11) is 0. The molecular weight excluding hydrogens is 394 g/mol. The molecule has 7 heteroatoms. The van der Waals surface area contributed by atoms with E-state index in [1.165, 1.54) is 29.7 Å². The zero-order valence-corrected chi connectivity index (χ0v) is 18.2. The second kappa shape index (κ2) is 8.88. The van der Waals surface area contributed by atoms with Gasteiger partial charge in [-0.1, -0.05) is 18.2 Å². The molecule has 0 spiro atoms. The molecule has 30 heavy (non-hydrogen) atoms. The number of aromatic nitrogens is 2. The summed E-state index contributed by atoms with van der Waals surface area (Å²) in [6, 6.07) is 10.0. The molecule has 1 aromatic carbocycles. The number of rotatable bonds is 6. The Morgan fingerprint density at radius 3 is 2.57 bits per heavy atom. The number of hydrogen-bond acceptors (Lipinski definition) is 7. The fourth-order valence-corrected chi connectivity index (χ4v) is 5.77. The number of thiophene rings is 1. The number of benzene rings is 1. The van der Waals surface area contributed by atoms with Crippen LogP contribution in [-0.4, -0.2) is 59.1 Å². The van der Waals surface area contributed by atoms with Crippen LogP contribution in [0.15, 0.2) is 30.3 Å². The van der Waals surface area contributed by atoms with Gasteiger partial charge in [-0.3, -0.25) is 9.80 Å². The molecule has 5 rings (SSSR count). The highest BCUT2D eigenvalue weighted by Crippen LogP contribution is 2.37. The van der Waals surface area contributed by atoms with Crippen LogP contribution < -0.4 is 10.5 Å². The molecule has 0 atom stereocenters. The Kier molecular flexibility index (Phi) is 5.84. The topological polar surface area (TPSA) is 67.5 Å². The van der Waals surface area contributed by atoms with Crippen molar-refractivity contribution >= 4 is 27.4 Å². The average Bonchev–Trinajstić information content (AvgIpc) is 3.14. The summed E-state index contributed by atoms with van der Waals surface area (Å²) in [5, 5.41) is 1.13. The van der Waals surface area contributed by atoms with E-state index in [-0.39, 0.29) is 0 Å². The lowest BCUT2D eigenvalue weighted by Crippen LogP contribution is -2.47. The maximum Gasteiger partial charge on any atom is 0.146 e. The molecule has 0 unspecified atom stereocenters. The summed E-state index contributed by atoms with van der Waals surface area (Å²) >= 11 is 1.83. The molecule has 2 N–H and O–H groups in total. The number of fused-ring (bicyclic) bond motifs is 3. The van der Waals surface area contributed by atoms with Crippen LogP contribution in [0.3, 0.4) is 0 Å². The van der Waals surface area contributed by atoms with Gasteiger partial charge in [-0.15, -0.1) is 11.3 Å². The van der Waals surface area contributed by atoms with Gasteiger partial charge >= 0.3 is 0 Å². The van der Waals surface area contributed by atoms with Crippen molar-refractivity contribution in [3.8, 4) is 5.75 Å². The van der Waals surface area contributed by atoms with E-state index in [1.54, 1.807) is 0 Å². The number of ether oxygens (including phenoxy) is 1. The van der Waals surface area contributed by atoms with Gasteiger partial charge in [0, 0.05) is 37.6 Å². The number of anilines is 1. The van der Waals surface area contributed by atoms with Gasteiger partial charge in [-0.2, -0.15) is 0 Å². The SMILES string of the molecule is Nc1nc(CN2CCN(CCOc3ccccc3)CC2)nc2sc3c(c12)CCCC3. The van der Waals surface area contributed by atoms with Crippen LogP contribution in [0, 0.1) is 0 Å². The molecule has 3 heterocycles. The third-order valence-electron chi connectivity index (χ3n) is 6.14. The van der Waals surface area contributed by atoms with Crippen molar-refractivity contribution in [1.29, 1.82) is 0 Å². The van der Waals surface area contributed by atoms with Gasteiger partial charge < -0.3 is 10.5 Å². The number of piperazine rings is 1. The molecule has 1 fully saturated rings. The van der Waals surface area contributed by atoms with Crippen molar-refractivity contribution in [3.63, 3.8) is 0 Å². The molecule has 3 aromatic rings. The molecule has 1 aliphatic carbocycles. The van der Waals surface area contributed by atoms with Crippen LogP contribution >= 0.6 is 11.3 Å². The van der Waals surface area contributed by atoms with Crippen LogP contribution in [-0.2, 0) is 19.4 Å². The van der Waals surface area contributed by atoms with Gasteiger partial charge in [0.05, 0.1) is 11.9 Å². The Bertz CT molecular complexity index is 998. The Hall–Kier alpha value is -2.22. The van der Waals surface area contributed by atoms with Crippen LogP contribution in [0.1, 0.15) is 29.1 Å². The molecular formula is C23H29N5OS. The highest BCUT2D eigenvalue weighted by Gasteiger charge is 2.22. The van der Waals surface area contributed by atoms with Crippen LogP contribution in [0.25, 0.3) is 10.2 Å². The van der Waals surface area contributed by atoms with E-state index in [9.17, 15) is 0 Å².